The van der Waals surface area contributed by atoms with Crippen LogP contribution in [0.1, 0.15) is 6.92 Å². The van der Waals surface area contributed by atoms with Crippen LogP contribution in [0.2, 0.25) is 0 Å². The Morgan fingerprint density at radius 1 is 1.45 bits per heavy atom. The largest absolute Gasteiger partial charge is 0.480 e. The molecule has 1 rings (SSSR count). The monoisotopic (exact) mass is 289 g/mol. The van der Waals surface area contributed by atoms with Gasteiger partial charge in [0.1, 0.15) is 6.04 Å². The Hall–Kier alpha value is -1.87. The second kappa shape index (κ2) is 7.65. The average molecular weight is 289 g/mol. The summed E-state index contributed by atoms with van der Waals surface area (Å²) < 4.78 is 5.16. The van der Waals surface area contributed by atoms with Gasteiger partial charge in [-0.15, -0.1) is 0 Å². The molecule has 0 aromatic rings. The zero-order chi connectivity index (χ0) is 15.1. The first-order valence-electron chi connectivity index (χ1n) is 6.27. The van der Waals surface area contributed by atoms with E-state index in [1.165, 1.54) is 4.90 Å². The molecule has 1 saturated heterocycles. The van der Waals surface area contributed by atoms with Gasteiger partial charge in [0.25, 0.3) is 0 Å². The number of rotatable bonds is 5. The van der Waals surface area contributed by atoms with Crippen molar-refractivity contribution in [1.29, 1.82) is 0 Å². The van der Waals surface area contributed by atoms with Gasteiger partial charge in [-0.05, 0) is 6.92 Å². The number of carboxylic acids is 1. The molecule has 9 heteroatoms. The molecule has 1 heterocycles. The summed E-state index contributed by atoms with van der Waals surface area (Å²) in [6, 6.07) is -2.93. The van der Waals surface area contributed by atoms with E-state index in [1.807, 2.05) is 0 Å². The normalized spacial score (nSPS) is 20.1. The topological polar surface area (TPSA) is 128 Å². The number of hydrogen-bond acceptors (Lipinski definition) is 5. The van der Waals surface area contributed by atoms with Crippen molar-refractivity contribution >= 4 is 17.9 Å². The highest BCUT2D eigenvalue weighted by Gasteiger charge is 2.34. The van der Waals surface area contributed by atoms with Crippen LogP contribution in [0, 0.1) is 0 Å². The number of ether oxygens (including phenoxy) is 1. The Morgan fingerprint density at radius 2 is 2.15 bits per heavy atom. The summed E-state index contributed by atoms with van der Waals surface area (Å²) in [4.78, 5) is 35.8. The third-order valence-corrected chi connectivity index (χ3v) is 2.82. The summed E-state index contributed by atoms with van der Waals surface area (Å²) in [5.74, 6) is -1.71. The zero-order valence-electron chi connectivity index (χ0n) is 11.2. The lowest BCUT2D eigenvalue weighted by atomic mass is 10.2. The lowest BCUT2D eigenvalue weighted by Gasteiger charge is -2.34. The molecule has 9 nitrogen and oxygen atoms in total. The molecule has 2 atom stereocenters. The molecule has 1 aliphatic rings. The van der Waals surface area contributed by atoms with E-state index in [-0.39, 0.29) is 25.7 Å². The van der Waals surface area contributed by atoms with Crippen molar-refractivity contribution in [2.24, 2.45) is 0 Å². The van der Waals surface area contributed by atoms with Crippen molar-refractivity contribution < 1.29 is 29.3 Å². The SMILES string of the molecule is CCNC(=O)C1COCCN1C(=O)NC(CO)C(=O)O. The van der Waals surface area contributed by atoms with Gasteiger partial charge in [0.2, 0.25) is 5.91 Å². The molecule has 0 saturated carbocycles. The Balaban J connectivity index is 2.71. The number of morpholine rings is 1. The van der Waals surface area contributed by atoms with Crippen molar-refractivity contribution in [1.82, 2.24) is 15.5 Å². The summed E-state index contributed by atoms with van der Waals surface area (Å²) in [7, 11) is 0. The van der Waals surface area contributed by atoms with Gasteiger partial charge < -0.3 is 30.5 Å². The third-order valence-electron chi connectivity index (χ3n) is 2.82. The number of urea groups is 1. The second-order valence-corrected chi connectivity index (χ2v) is 4.20. The van der Waals surface area contributed by atoms with Gasteiger partial charge in [0, 0.05) is 13.1 Å². The Bertz CT molecular complexity index is 375. The quantitative estimate of drug-likeness (QED) is 0.462. The predicted octanol–water partition coefficient (Wildman–Crippen LogP) is -2.02. The summed E-state index contributed by atoms with van der Waals surface area (Å²) in [6.07, 6.45) is 0. The first kappa shape index (κ1) is 16.2. The molecule has 0 bridgehead atoms. The predicted molar refractivity (Wildman–Crippen MR) is 67.0 cm³/mol. The molecule has 0 aromatic heterocycles. The van der Waals surface area contributed by atoms with Crippen LogP contribution in [0.3, 0.4) is 0 Å². The molecular weight excluding hydrogens is 270 g/mol. The average Bonchev–Trinajstić information content (AvgIpc) is 2.44. The highest BCUT2D eigenvalue weighted by molar-refractivity contribution is 5.89. The highest BCUT2D eigenvalue weighted by atomic mass is 16.5. The molecule has 20 heavy (non-hydrogen) atoms. The van der Waals surface area contributed by atoms with Crippen molar-refractivity contribution in [3.63, 3.8) is 0 Å². The number of hydrogen-bond donors (Lipinski definition) is 4. The second-order valence-electron chi connectivity index (χ2n) is 4.20. The van der Waals surface area contributed by atoms with Crippen LogP contribution in [0.4, 0.5) is 4.79 Å². The van der Waals surface area contributed by atoms with Gasteiger partial charge in [-0.2, -0.15) is 0 Å². The van der Waals surface area contributed by atoms with Gasteiger partial charge in [0.15, 0.2) is 6.04 Å². The van der Waals surface area contributed by atoms with E-state index >= 15 is 0 Å². The van der Waals surface area contributed by atoms with Gasteiger partial charge in [-0.1, -0.05) is 0 Å². The van der Waals surface area contributed by atoms with E-state index in [9.17, 15) is 14.4 Å². The summed E-state index contributed by atoms with van der Waals surface area (Å²) in [5.41, 5.74) is 0. The molecule has 1 fully saturated rings. The van der Waals surface area contributed by atoms with Crippen molar-refractivity contribution in [3.8, 4) is 0 Å². The van der Waals surface area contributed by atoms with Crippen molar-refractivity contribution in [3.05, 3.63) is 0 Å². The minimum atomic E-state index is -1.40. The first-order chi connectivity index (χ1) is 9.51. The fourth-order valence-corrected chi connectivity index (χ4v) is 1.77. The van der Waals surface area contributed by atoms with Crippen LogP contribution < -0.4 is 10.6 Å². The van der Waals surface area contributed by atoms with Gasteiger partial charge in [-0.3, -0.25) is 4.79 Å². The maximum atomic E-state index is 12.0. The standard InChI is InChI=1S/C11H19N3O6/c1-2-12-9(16)8-6-20-4-3-14(8)11(19)13-7(5-15)10(17)18/h7-8,15H,2-6H2,1H3,(H,12,16)(H,13,19)(H,17,18). The van der Waals surface area contributed by atoms with Gasteiger partial charge in [-0.25, -0.2) is 9.59 Å². The lowest BCUT2D eigenvalue weighted by molar-refractivity contribution is -0.140. The van der Waals surface area contributed by atoms with E-state index < -0.39 is 30.7 Å². The van der Waals surface area contributed by atoms with E-state index in [4.69, 9.17) is 14.9 Å². The number of carbonyl (C=O) groups is 3. The Labute approximate surface area is 115 Å². The number of likely N-dealkylation sites (N-methyl/N-ethyl adjacent to an activating group) is 1. The molecular formula is C11H19N3O6. The summed E-state index contributed by atoms with van der Waals surface area (Å²) >= 11 is 0. The molecule has 114 valence electrons. The molecule has 4 N–H and O–H groups in total. The van der Waals surface area contributed by atoms with Crippen LogP contribution in [0.25, 0.3) is 0 Å². The summed E-state index contributed by atoms with van der Waals surface area (Å²) in [5, 5.41) is 22.4. The Kier molecular flexibility index (Phi) is 6.19. The number of nitrogens with zero attached hydrogens (tertiary/aromatic N) is 1. The zero-order valence-corrected chi connectivity index (χ0v) is 11.2. The van der Waals surface area contributed by atoms with Crippen molar-refractivity contribution in [2.45, 2.75) is 19.0 Å². The van der Waals surface area contributed by atoms with Gasteiger partial charge >= 0.3 is 12.0 Å². The van der Waals surface area contributed by atoms with Crippen molar-refractivity contribution in [2.75, 3.05) is 32.9 Å². The fourth-order valence-electron chi connectivity index (χ4n) is 1.77. The number of amides is 3. The van der Waals surface area contributed by atoms with E-state index in [2.05, 4.69) is 10.6 Å². The first-order valence-corrected chi connectivity index (χ1v) is 6.27. The smallest absolute Gasteiger partial charge is 0.328 e. The number of aliphatic hydroxyl groups is 1. The van der Waals surface area contributed by atoms with E-state index in [0.717, 1.165) is 0 Å². The fraction of sp³-hybridized carbons (Fsp3) is 0.727. The molecule has 1 aliphatic heterocycles. The van der Waals surface area contributed by atoms with Crippen LogP contribution in [-0.2, 0) is 14.3 Å². The number of aliphatic hydroxyl groups excluding tert-OH is 1. The highest BCUT2D eigenvalue weighted by Crippen LogP contribution is 2.08. The Morgan fingerprint density at radius 3 is 2.70 bits per heavy atom. The minimum absolute atomic E-state index is 0.0517. The number of aliphatic carboxylic acids is 1. The van der Waals surface area contributed by atoms with Crippen LogP contribution in [0.5, 0.6) is 0 Å². The molecule has 3 amide bonds. The van der Waals surface area contributed by atoms with E-state index in [0.29, 0.717) is 6.54 Å². The molecule has 0 aromatic carbocycles. The molecule has 0 aliphatic carbocycles. The van der Waals surface area contributed by atoms with Gasteiger partial charge in [0.05, 0.1) is 19.8 Å². The van der Waals surface area contributed by atoms with E-state index in [1.54, 1.807) is 6.92 Å². The number of nitrogens with one attached hydrogen (secondary N) is 2. The third kappa shape index (κ3) is 4.07. The summed E-state index contributed by atoms with van der Waals surface area (Å²) in [6.45, 7) is 1.93. The molecule has 0 spiro atoms. The van der Waals surface area contributed by atoms with Crippen LogP contribution >= 0.6 is 0 Å². The lowest BCUT2D eigenvalue weighted by Crippen LogP contribution is -2.60. The van der Waals surface area contributed by atoms with Crippen LogP contribution in [-0.4, -0.2) is 78.0 Å². The van der Waals surface area contributed by atoms with Crippen LogP contribution in [0.15, 0.2) is 0 Å². The number of carbonyl (C=O) groups excluding carboxylic acids is 2. The minimum Gasteiger partial charge on any atom is -0.480 e. The molecule has 0 radical (unpaired) electrons. The maximum absolute atomic E-state index is 12.0. The number of carboxylic acid groups (broad SMARTS) is 1. The molecule has 2 unspecified atom stereocenters. The maximum Gasteiger partial charge on any atom is 0.328 e.